The maximum atomic E-state index is 12.7. The zero-order chi connectivity index (χ0) is 19.2. The lowest BCUT2D eigenvalue weighted by molar-refractivity contribution is -0.140. The van der Waals surface area contributed by atoms with E-state index < -0.39 is 10.0 Å². The van der Waals surface area contributed by atoms with Crippen molar-refractivity contribution in [3.8, 4) is 0 Å². The van der Waals surface area contributed by atoms with Gasteiger partial charge >= 0.3 is 5.97 Å². The lowest BCUT2D eigenvalue weighted by Crippen LogP contribution is -2.53. The van der Waals surface area contributed by atoms with Crippen LogP contribution in [0, 0.1) is 0 Å². The Labute approximate surface area is 164 Å². The number of hydrogen-bond acceptors (Lipinski definition) is 5. The maximum absolute atomic E-state index is 12.7. The molecule has 0 amide bonds. The van der Waals surface area contributed by atoms with E-state index in [0.717, 1.165) is 0 Å². The third-order valence-corrected chi connectivity index (χ3v) is 6.61. The molecular weight excluding hydrogens is 398 g/mol. The summed E-state index contributed by atoms with van der Waals surface area (Å²) >= 11 is 11.2. The van der Waals surface area contributed by atoms with Crippen molar-refractivity contribution in [1.29, 1.82) is 0 Å². The molecule has 0 saturated carbocycles. The van der Waals surface area contributed by atoms with Crippen molar-refractivity contribution in [1.82, 2.24) is 14.5 Å². The van der Waals surface area contributed by atoms with Crippen molar-refractivity contribution < 1.29 is 17.9 Å². The zero-order valence-corrected chi connectivity index (χ0v) is 16.9. The van der Waals surface area contributed by atoms with Crippen LogP contribution in [0.5, 0.6) is 0 Å². The second kappa shape index (κ2) is 9.50. The van der Waals surface area contributed by atoms with Gasteiger partial charge in [-0.05, 0) is 42.9 Å². The summed E-state index contributed by atoms with van der Waals surface area (Å²) in [5.41, 5.74) is 0. The van der Waals surface area contributed by atoms with E-state index in [2.05, 4.69) is 10.1 Å². The van der Waals surface area contributed by atoms with Gasteiger partial charge in [0.1, 0.15) is 0 Å². The largest absolute Gasteiger partial charge is 0.469 e. The van der Waals surface area contributed by atoms with Gasteiger partial charge in [-0.3, -0.25) is 4.79 Å². The molecule has 0 atom stereocenters. The van der Waals surface area contributed by atoms with Crippen LogP contribution in [-0.2, 0) is 19.6 Å². The summed E-state index contributed by atoms with van der Waals surface area (Å²) in [6, 6.07) is 6.16. The first-order valence-electron chi connectivity index (χ1n) is 8.20. The van der Waals surface area contributed by atoms with E-state index in [1.165, 1.54) is 23.5 Å². The SMILES string of the molecule is COC(=O)CCCNC(=S)N1CCN(S(=O)(=O)c2ccc(Cl)cc2)CC1. The lowest BCUT2D eigenvalue weighted by atomic mass is 10.3. The first-order chi connectivity index (χ1) is 12.3. The highest BCUT2D eigenvalue weighted by molar-refractivity contribution is 7.89. The Bertz CT molecular complexity index is 732. The average molecular weight is 420 g/mol. The summed E-state index contributed by atoms with van der Waals surface area (Å²) in [7, 11) is -2.17. The number of nitrogens with zero attached hydrogens (tertiary/aromatic N) is 2. The topological polar surface area (TPSA) is 79.0 Å². The molecule has 1 aliphatic heterocycles. The van der Waals surface area contributed by atoms with Gasteiger partial charge in [0.15, 0.2) is 5.11 Å². The molecule has 0 spiro atoms. The number of esters is 1. The van der Waals surface area contributed by atoms with Gasteiger partial charge in [0.05, 0.1) is 12.0 Å². The van der Waals surface area contributed by atoms with E-state index in [0.29, 0.717) is 55.7 Å². The van der Waals surface area contributed by atoms with Crippen LogP contribution in [0.2, 0.25) is 5.02 Å². The molecule has 1 aromatic rings. The molecule has 7 nitrogen and oxygen atoms in total. The molecule has 1 saturated heterocycles. The summed E-state index contributed by atoms with van der Waals surface area (Å²) < 4.78 is 31.3. The van der Waals surface area contributed by atoms with Crippen molar-refractivity contribution in [2.45, 2.75) is 17.7 Å². The third kappa shape index (κ3) is 5.54. The molecule has 0 bridgehead atoms. The minimum absolute atomic E-state index is 0.235. The first kappa shape index (κ1) is 20.9. The number of nitrogens with one attached hydrogen (secondary N) is 1. The molecule has 0 radical (unpaired) electrons. The molecule has 1 heterocycles. The van der Waals surface area contributed by atoms with Crippen molar-refractivity contribution in [2.24, 2.45) is 0 Å². The molecular formula is C16H22ClN3O4S2. The maximum Gasteiger partial charge on any atom is 0.305 e. The minimum Gasteiger partial charge on any atom is -0.469 e. The summed E-state index contributed by atoms with van der Waals surface area (Å²) in [6.07, 6.45) is 0.955. The third-order valence-electron chi connectivity index (χ3n) is 4.04. The standard InChI is InChI=1S/C16H22ClN3O4S2/c1-24-15(21)3-2-8-18-16(25)19-9-11-20(12-10-19)26(22,23)14-6-4-13(17)5-7-14/h4-7H,2-3,8-12H2,1H3,(H,18,25). The number of carbonyl (C=O) groups is 1. The van der Waals surface area contributed by atoms with E-state index in [9.17, 15) is 13.2 Å². The van der Waals surface area contributed by atoms with Crippen molar-refractivity contribution in [3.63, 3.8) is 0 Å². The Morgan fingerprint density at radius 2 is 1.85 bits per heavy atom. The van der Waals surface area contributed by atoms with Gasteiger partial charge in [0, 0.05) is 44.2 Å². The van der Waals surface area contributed by atoms with E-state index in [1.54, 1.807) is 12.1 Å². The van der Waals surface area contributed by atoms with Gasteiger partial charge in [0.2, 0.25) is 10.0 Å². The Hall–Kier alpha value is -1.42. The van der Waals surface area contributed by atoms with Gasteiger partial charge < -0.3 is 15.0 Å². The fourth-order valence-electron chi connectivity index (χ4n) is 2.53. The van der Waals surface area contributed by atoms with Crippen molar-refractivity contribution >= 4 is 44.9 Å². The number of sulfonamides is 1. The number of thiocarbonyl (C=S) groups is 1. The molecule has 0 aromatic heterocycles. The smallest absolute Gasteiger partial charge is 0.305 e. The molecule has 10 heteroatoms. The zero-order valence-electron chi connectivity index (χ0n) is 14.5. The predicted molar refractivity (Wildman–Crippen MR) is 104 cm³/mol. The normalized spacial score (nSPS) is 15.5. The van der Waals surface area contributed by atoms with Crippen LogP contribution < -0.4 is 5.32 Å². The summed E-state index contributed by atoms with van der Waals surface area (Å²) in [5, 5.41) is 4.16. The first-order valence-corrected chi connectivity index (χ1v) is 10.4. The monoisotopic (exact) mass is 419 g/mol. The fraction of sp³-hybridized carbons (Fsp3) is 0.500. The van der Waals surface area contributed by atoms with Crippen LogP contribution >= 0.6 is 23.8 Å². The quantitative estimate of drug-likeness (QED) is 0.425. The number of methoxy groups -OCH3 is 1. The number of ether oxygens (including phenoxy) is 1. The second-order valence-corrected chi connectivity index (χ2v) is 8.52. The van der Waals surface area contributed by atoms with E-state index in [-0.39, 0.29) is 10.9 Å². The highest BCUT2D eigenvalue weighted by atomic mass is 35.5. The molecule has 144 valence electrons. The average Bonchev–Trinajstić information content (AvgIpc) is 2.65. The highest BCUT2D eigenvalue weighted by Crippen LogP contribution is 2.19. The van der Waals surface area contributed by atoms with Gasteiger partial charge in [-0.15, -0.1) is 0 Å². The van der Waals surface area contributed by atoms with Crippen LogP contribution in [0.1, 0.15) is 12.8 Å². The molecule has 26 heavy (non-hydrogen) atoms. The Morgan fingerprint density at radius 1 is 1.23 bits per heavy atom. The molecule has 1 N–H and O–H groups in total. The van der Waals surface area contributed by atoms with Crippen LogP contribution in [0.4, 0.5) is 0 Å². The molecule has 1 fully saturated rings. The van der Waals surface area contributed by atoms with Crippen molar-refractivity contribution in [3.05, 3.63) is 29.3 Å². The molecule has 1 aromatic carbocycles. The number of hydrogen-bond donors (Lipinski definition) is 1. The predicted octanol–water partition coefficient (Wildman–Crippen LogP) is 1.47. The Morgan fingerprint density at radius 3 is 2.42 bits per heavy atom. The summed E-state index contributed by atoms with van der Waals surface area (Å²) in [6.45, 7) is 2.30. The van der Waals surface area contributed by atoms with Gasteiger partial charge in [-0.25, -0.2) is 8.42 Å². The minimum atomic E-state index is -3.53. The fourth-order valence-corrected chi connectivity index (χ4v) is 4.36. The summed E-state index contributed by atoms with van der Waals surface area (Å²) in [4.78, 5) is 13.2. The molecule has 2 rings (SSSR count). The molecule has 0 aliphatic carbocycles. The number of benzene rings is 1. The second-order valence-electron chi connectivity index (χ2n) is 5.76. The van der Waals surface area contributed by atoms with E-state index >= 15 is 0 Å². The van der Waals surface area contributed by atoms with E-state index in [4.69, 9.17) is 23.8 Å². The van der Waals surface area contributed by atoms with Gasteiger partial charge in [-0.2, -0.15) is 4.31 Å². The Kier molecular flexibility index (Phi) is 7.63. The number of rotatable bonds is 6. The van der Waals surface area contributed by atoms with Crippen LogP contribution in [0.25, 0.3) is 0 Å². The van der Waals surface area contributed by atoms with Crippen LogP contribution in [-0.4, -0.2) is 68.5 Å². The molecule has 1 aliphatic rings. The number of halogens is 1. The number of carbonyl (C=O) groups excluding carboxylic acids is 1. The summed E-state index contributed by atoms with van der Waals surface area (Å²) in [5.74, 6) is -0.251. The number of piperazine rings is 1. The van der Waals surface area contributed by atoms with Crippen molar-refractivity contribution in [2.75, 3.05) is 39.8 Å². The van der Waals surface area contributed by atoms with E-state index in [1.807, 2.05) is 4.90 Å². The lowest BCUT2D eigenvalue weighted by Gasteiger charge is -2.35. The van der Waals surface area contributed by atoms with Crippen LogP contribution in [0.3, 0.4) is 0 Å². The van der Waals surface area contributed by atoms with Crippen LogP contribution in [0.15, 0.2) is 29.2 Å². The Balaban J connectivity index is 1.81. The van der Waals surface area contributed by atoms with Gasteiger partial charge in [-0.1, -0.05) is 11.6 Å². The van der Waals surface area contributed by atoms with Gasteiger partial charge in [0.25, 0.3) is 0 Å². The molecule has 0 unspecified atom stereocenters. The highest BCUT2D eigenvalue weighted by Gasteiger charge is 2.29.